The lowest BCUT2D eigenvalue weighted by atomic mass is 9.78. The number of nitrogens with zero attached hydrogens (tertiary/aromatic N) is 2. The lowest BCUT2D eigenvalue weighted by Gasteiger charge is -2.30. The highest BCUT2D eigenvalue weighted by atomic mass is 127. The third-order valence-electron chi connectivity index (χ3n) is 4.56. The fourth-order valence-corrected chi connectivity index (χ4v) is 2.88. The first kappa shape index (κ1) is 16.1. The Morgan fingerprint density at radius 3 is 2.28 bits per heavy atom. The molecule has 0 aliphatic heterocycles. The van der Waals surface area contributed by atoms with Crippen molar-refractivity contribution in [2.24, 2.45) is 22.1 Å². The molecule has 0 amide bonds. The van der Waals surface area contributed by atoms with Gasteiger partial charge in [-0.05, 0) is 37.0 Å². The van der Waals surface area contributed by atoms with Crippen LogP contribution in [0.4, 0.5) is 0 Å². The van der Waals surface area contributed by atoms with Crippen LogP contribution in [0, 0.1) is 11.3 Å². The van der Waals surface area contributed by atoms with E-state index in [4.69, 9.17) is 5.73 Å². The summed E-state index contributed by atoms with van der Waals surface area (Å²) in [6.07, 6.45) is 8.10. The minimum absolute atomic E-state index is 0. The Bertz CT molecular complexity index is 291. The summed E-state index contributed by atoms with van der Waals surface area (Å²) in [4.78, 5) is 6.77. The monoisotopic (exact) mass is 365 g/mol. The van der Waals surface area contributed by atoms with Crippen molar-refractivity contribution >= 4 is 29.9 Å². The van der Waals surface area contributed by atoms with Crippen LogP contribution in [0.15, 0.2) is 4.99 Å². The Kier molecular flexibility index (Phi) is 5.74. The van der Waals surface area contributed by atoms with Crippen molar-refractivity contribution in [3.05, 3.63) is 0 Å². The van der Waals surface area contributed by atoms with Crippen LogP contribution in [0.1, 0.15) is 52.4 Å². The second-order valence-corrected chi connectivity index (χ2v) is 6.49. The number of hydrogen-bond donors (Lipinski definition) is 1. The van der Waals surface area contributed by atoms with Gasteiger partial charge in [0.1, 0.15) is 0 Å². The maximum Gasteiger partial charge on any atom is 0.191 e. The maximum atomic E-state index is 6.04. The molecule has 0 radical (unpaired) electrons. The normalized spacial score (nSPS) is 21.8. The largest absolute Gasteiger partial charge is 0.370 e. The van der Waals surface area contributed by atoms with Crippen LogP contribution < -0.4 is 5.73 Å². The number of nitrogens with two attached hydrogens (primary N) is 1. The van der Waals surface area contributed by atoms with Crippen LogP contribution in [0.3, 0.4) is 0 Å². The predicted octanol–water partition coefficient (Wildman–Crippen LogP) is 3.23. The molecule has 4 heteroatoms. The molecule has 2 aliphatic carbocycles. The molecule has 2 N–H and O–H groups in total. The zero-order chi connectivity index (χ0) is 12.5. The summed E-state index contributed by atoms with van der Waals surface area (Å²) in [5, 5.41) is 0. The first-order chi connectivity index (χ1) is 8.00. The fourth-order valence-electron chi connectivity index (χ4n) is 2.88. The Morgan fingerprint density at radius 2 is 1.78 bits per heavy atom. The van der Waals surface area contributed by atoms with Gasteiger partial charge in [-0.25, -0.2) is 0 Å². The minimum Gasteiger partial charge on any atom is -0.370 e. The molecule has 2 rings (SSSR count). The van der Waals surface area contributed by atoms with E-state index < -0.39 is 0 Å². The van der Waals surface area contributed by atoms with Gasteiger partial charge in [0.05, 0.1) is 0 Å². The number of guanidine groups is 1. The third-order valence-corrected chi connectivity index (χ3v) is 4.56. The average Bonchev–Trinajstić information content (AvgIpc) is 2.99. The lowest BCUT2D eigenvalue weighted by Crippen LogP contribution is -2.37. The van der Waals surface area contributed by atoms with E-state index in [1.165, 1.54) is 38.5 Å². The van der Waals surface area contributed by atoms with Crippen molar-refractivity contribution in [3.63, 3.8) is 0 Å². The van der Waals surface area contributed by atoms with Gasteiger partial charge in [-0.3, -0.25) is 4.99 Å². The minimum atomic E-state index is 0. The average molecular weight is 365 g/mol. The Labute approximate surface area is 129 Å². The van der Waals surface area contributed by atoms with Crippen molar-refractivity contribution in [2.75, 3.05) is 13.6 Å². The van der Waals surface area contributed by atoms with Crippen molar-refractivity contribution < 1.29 is 0 Å². The predicted molar refractivity (Wildman–Crippen MR) is 88.4 cm³/mol. The topological polar surface area (TPSA) is 41.6 Å². The van der Waals surface area contributed by atoms with E-state index in [9.17, 15) is 0 Å². The lowest BCUT2D eigenvalue weighted by molar-refractivity contribution is 0.227. The summed E-state index contributed by atoms with van der Waals surface area (Å²) in [7, 11) is 2.07. The van der Waals surface area contributed by atoms with Gasteiger partial charge >= 0.3 is 0 Å². The first-order valence-corrected chi connectivity index (χ1v) is 7.03. The summed E-state index contributed by atoms with van der Waals surface area (Å²) in [6, 6.07) is 0.661. The molecule has 0 spiro atoms. The van der Waals surface area contributed by atoms with Gasteiger partial charge in [-0.1, -0.05) is 26.7 Å². The van der Waals surface area contributed by atoms with Crippen molar-refractivity contribution in [1.29, 1.82) is 0 Å². The first-order valence-electron chi connectivity index (χ1n) is 7.03. The Morgan fingerprint density at radius 1 is 1.22 bits per heavy atom. The molecule has 2 saturated carbocycles. The smallest absolute Gasteiger partial charge is 0.191 e. The maximum absolute atomic E-state index is 6.04. The zero-order valence-corrected chi connectivity index (χ0v) is 14.3. The van der Waals surface area contributed by atoms with E-state index in [0.29, 0.717) is 11.5 Å². The summed E-state index contributed by atoms with van der Waals surface area (Å²) in [5.41, 5.74) is 6.35. The van der Waals surface area contributed by atoms with E-state index >= 15 is 0 Å². The van der Waals surface area contributed by atoms with E-state index in [1.807, 2.05) is 0 Å². The molecule has 0 heterocycles. The number of hydrogen-bond acceptors (Lipinski definition) is 1. The second-order valence-electron chi connectivity index (χ2n) is 6.49. The standard InChI is InChI=1S/C14H27N3.HI/c1-14(2,11-6-4-5-7-11)10-16-13(15)17(3)12-8-9-12;/h11-12H,4-10H2,1-3H3,(H2,15,16);1H. The molecular weight excluding hydrogens is 337 g/mol. The molecule has 0 aromatic carbocycles. The molecule has 0 atom stereocenters. The van der Waals surface area contributed by atoms with Gasteiger partial charge in [-0.2, -0.15) is 0 Å². The highest BCUT2D eigenvalue weighted by molar-refractivity contribution is 14.0. The van der Waals surface area contributed by atoms with Crippen LogP contribution >= 0.6 is 24.0 Å². The molecule has 0 saturated heterocycles. The van der Waals surface area contributed by atoms with Crippen molar-refractivity contribution in [3.8, 4) is 0 Å². The highest BCUT2D eigenvalue weighted by Crippen LogP contribution is 2.39. The van der Waals surface area contributed by atoms with Gasteiger partial charge in [0.2, 0.25) is 0 Å². The van der Waals surface area contributed by atoms with Crippen molar-refractivity contribution in [1.82, 2.24) is 4.90 Å². The molecule has 0 bridgehead atoms. The zero-order valence-electron chi connectivity index (χ0n) is 12.0. The van der Waals surface area contributed by atoms with Gasteiger partial charge in [0.25, 0.3) is 0 Å². The van der Waals surface area contributed by atoms with Crippen molar-refractivity contribution in [2.45, 2.75) is 58.4 Å². The Hall–Kier alpha value is 0. The quantitative estimate of drug-likeness (QED) is 0.472. The summed E-state index contributed by atoms with van der Waals surface area (Å²) >= 11 is 0. The summed E-state index contributed by atoms with van der Waals surface area (Å²) in [6.45, 7) is 5.56. The second kappa shape index (κ2) is 6.44. The molecule has 18 heavy (non-hydrogen) atoms. The van der Waals surface area contributed by atoms with Gasteiger partial charge in [0.15, 0.2) is 5.96 Å². The van der Waals surface area contributed by atoms with E-state index in [1.54, 1.807) is 0 Å². The van der Waals surface area contributed by atoms with Crippen LogP contribution in [-0.2, 0) is 0 Å². The van der Waals surface area contributed by atoms with E-state index in [2.05, 4.69) is 30.8 Å². The van der Waals surface area contributed by atoms with E-state index in [0.717, 1.165) is 18.4 Å². The Balaban J connectivity index is 0.00000162. The number of halogens is 1. The van der Waals surface area contributed by atoms with E-state index in [-0.39, 0.29) is 24.0 Å². The third kappa shape index (κ3) is 4.00. The SMILES string of the molecule is CN(C(N)=NCC(C)(C)C1CCCC1)C1CC1.I. The molecule has 106 valence electrons. The molecule has 0 unspecified atom stereocenters. The molecular formula is C14H28IN3. The van der Waals surface area contributed by atoms with Crippen LogP contribution in [-0.4, -0.2) is 30.5 Å². The molecule has 3 nitrogen and oxygen atoms in total. The molecule has 0 aromatic heterocycles. The van der Waals surface area contributed by atoms with Crippen LogP contribution in [0.25, 0.3) is 0 Å². The summed E-state index contributed by atoms with van der Waals surface area (Å²) in [5.74, 6) is 1.57. The molecule has 2 aliphatic rings. The summed E-state index contributed by atoms with van der Waals surface area (Å²) < 4.78 is 0. The molecule has 0 aromatic rings. The highest BCUT2D eigenvalue weighted by Gasteiger charge is 2.32. The fraction of sp³-hybridized carbons (Fsp3) is 0.929. The van der Waals surface area contributed by atoms with Gasteiger partial charge < -0.3 is 10.6 Å². The van der Waals surface area contributed by atoms with Crippen LogP contribution in [0.5, 0.6) is 0 Å². The molecule has 2 fully saturated rings. The van der Waals surface area contributed by atoms with Crippen LogP contribution in [0.2, 0.25) is 0 Å². The van der Waals surface area contributed by atoms with Gasteiger partial charge in [0, 0.05) is 19.6 Å². The number of aliphatic imine (C=N–C) groups is 1. The number of rotatable bonds is 4. The van der Waals surface area contributed by atoms with Gasteiger partial charge in [-0.15, -0.1) is 24.0 Å².